The van der Waals surface area contributed by atoms with Gasteiger partial charge in [-0.25, -0.2) is 0 Å². The third kappa shape index (κ3) is 59.4. The molecule has 0 aliphatic carbocycles. The van der Waals surface area contributed by atoms with Gasteiger partial charge in [-0.15, -0.1) is 0 Å². The fourth-order valence-corrected chi connectivity index (χ4v) is 10.4. The molecule has 0 aliphatic rings. The zero-order valence-electron chi connectivity index (χ0n) is 49.4. The minimum absolute atomic E-state index is 0.00894. The lowest BCUT2D eigenvalue weighted by Crippen LogP contribution is -2.45. The van der Waals surface area contributed by atoms with Crippen LogP contribution in [0.4, 0.5) is 0 Å². The standard InChI is InChI=1S/C67H129NO5/c1-3-5-7-9-11-13-15-17-33-37-41-45-49-53-57-61-67(72)73-62-58-54-50-46-42-38-35-32-30-28-26-24-22-20-18-19-21-23-25-27-29-31-34-36-40-44-48-52-56-60-66(71)68-64(63-69)65(70)59-55-51-47-43-39-16-14-12-10-8-6-4-2/h17-18,20,33,64-65,69-70H,3-16,19,21-32,34-63H2,1-2H3,(H,68,71)/b20-18-,33-17-. The fraction of sp³-hybridized carbons (Fsp3) is 0.910. The molecule has 0 fully saturated rings. The highest BCUT2D eigenvalue weighted by Gasteiger charge is 2.20. The summed E-state index contributed by atoms with van der Waals surface area (Å²) in [5.41, 5.74) is 0. The number of hydrogen-bond donors (Lipinski definition) is 3. The van der Waals surface area contributed by atoms with E-state index in [1.54, 1.807) is 0 Å². The van der Waals surface area contributed by atoms with Crippen molar-refractivity contribution in [3.8, 4) is 0 Å². The molecule has 0 aromatic carbocycles. The van der Waals surface area contributed by atoms with Crippen molar-refractivity contribution in [2.75, 3.05) is 13.2 Å². The molecule has 6 heteroatoms. The van der Waals surface area contributed by atoms with E-state index in [-0.39, 0.29) is 18.5 Å². The zero-order valence-corrected chi connectivity index (χ0v) is 49.4. The first kappa shape index (κ1) is 71.3. The van der Waals surface area contributed by atoms with Crippen molar-refractivity contribution in [1.82, 2.24) is 5.32 Å². The van der Waals surface area contributed by atoms with Crippen LogP contribution in [0.3, 0.4) is 0 Å². The Morgan fingerprint density at radius 2 is 0.644 bits per heavy atom. The Morgan fingerprint density at radius 3 is 0.973 bits per heavy atom. The molecule has 1 amide bonds. The van der Waals surface area contributed by atoms with Crippen molar-refractivity contribution < 1.29 is 24.5 Å². The molecule has 0 heterocycles. The van der Waals surface area contributed by atoms with E-state index < -0.39 is 12.1 Å². The summed E-state index contributed by atoms with van der Waals surface area (Å²) in [7, 11) is 0. The van der Waals surface area contributed by atoms with E-state index >= 15 is 0 Å². The SMILES string of the molecule is CCCCCCCC/C=C\CCCCCCCC(=O)OCCCCCCCCCCCCCC/C=C\CCCCCCCCCCCCCCCC(=O)NC(CO)C(O)CCCCCCCCCCCCCC. The molecule has 0 aliphatic heterocycles. The molecular weight excluding hydrogens is 899 g/mol. The monoisotopic (exact) mass is 1030 g/mol. The number of amides is 1. The Morgan fingerprint density at radius 1 is 0.370 bits per heavy atom. The van der Waals surface area contributed by atoms with Crippen LogP contribution in [0, 0.1) is 0 Å². The van der Waals surface area contributed by atoms with Crippen LogP contribution in [0.1, 0.15) is 367 Å². The summed E-state index contributed by atoms with van der Waals surface area (Å²) in [6, 6.07) is -0.539. The first-order valence-corrected chi connectivity index (χ1v) is 33.1. The topological polar surface area (TPSA) is 95.9 Å². The van der Waals surface area contributed by atoms with E-state index in [2.05, 4.69) is 43.5 Å². The lowest BCUT2D eigenvalue weighted by molar-refractivity contribution is -0.143. The average Bonchev–Trinajstić information content (AvgIpc) is 3.39. The third-order valence-electron chi connectivity index (χ3n) is 15.5. The number of carbonyl (C=O) groups is 2. The molecule has 0 saturated carbocycles. The third-order valence-corrected chi connectivity index (χ3v) is 15.5. The van der Waals surface area contributed by atoms with Crippen molar-refractivity contribution in [2.24, 2.45) is 0 Å². The number of nitrogens with one attached hydrogen (secondary N) is 1. The van der Waals surface area contributed by atoms with Crippen molar-refractivity contribution >= 4 is 11.9 Å². The predicted molar refractivity (Wildman–Crippen MR) is 320 cm³/mol. The number of carbonyl (C=O) groups excluding carboxylic acids is 2. The van der Waals surface area contributed by atoms with Crippen LogP contribution in [0.15, 0.2) is 24.3 Å². The second-order valence-corrected chi connectivity index (χ2v) is 22.8. The predicted octanol–water partition coefficient (Wildman–Crippen LogP) is 21.0. The highest BCUT2D eigenvalue weighted by atomic mass is 16.5. The average molecular weight is 1030 g/mol. The van der Waals surface area contributed by atoms with Gasteiger partial charge in [-0.2, -0.15) is 0 Å². The molecule has 0 spiro atoms. The van der Waals surface area contributed by atoms with Crippen molar-refractivity contribution in [3.63, 3.8) is 0 Å². The van der Waals surface area contributed by atoms with Crippen LogP contribution >= 0.6 is 0 Å². The molecule has 0 aromatic rings. The van der Waals surface area contributed by atoms with Gasteiger partial charge in [0.15, 0.2) is 0 Å². The lowest BCUT2D eigenvalue weighted by Gasteiger charge is -2.22. The van der Waals surface area contributed by atoms with Crippen LogP contribution in [0.5, 0.6) is 0 Å². The van der Waals surface area contributed by atoms with E-state index in [1.807, 2.05) is 0 Å². The molecule has 0 radical (unpaired) electrons. The summed E-state index contributed by atoms with van der Waals surface area (Å²) in [5.74, 6) is -0.0242. The first-order chi connectivity index (χ1) is 36.0. The van der Waals surface area contributed by atoms with Gasteiger partial charge in [0.2, 0.25) is 5.91 Å². The Balaban J connectivity index is 3.35. The number of esters is 1. The lowest BCUT2D eigenvalue weighted by atomic mass is 10.0. The van der Waals surface area contributed by atoms with Gasteiger partial charge in [0.1, 0.15) is 0 Å². The minimum Gasteiger partial charge on any atom is -0.466 e. The fourth-order valence-electron chi connectivity index (χ4n) is 10.4. The summed E-state index contributed by atoms with van der Waals surface area (Å²) in [6.45, 7) is 4.96. The number of rotatable bonds is 62. The van der Waals surface area contributed by atoms with Crippen LogP contribution in [0.25, 0.3) is 0 Å². The first-order valence-electron chi connectivity index (χ1n) is 33.1. The molecule has 0 aromatic heterocycles. The Hall–Kier alpha value is -1.66. The maximum atomic E-state index is 12.5. The Kier molecular flexibility index (Phi) is 61.4. The van der Waals surface area contributed by atoms with Crippen LogP contribution < -0.4 is 5.32 Å². The molecule has 2 atom stereocenters. The van der Waals surface area contributed by atoms with E-state index in [9.17, 15) is 19.8 Å². The van der Waals surface area contributed by atoms with Crippen LogP contribution in [-0.2, 0) is 14.3 Å². The van der Waals surface area contributed by atoms with Crippen LogP contribution in [0.2, 0.25) is 0 Å². The molecule has 3 N–H and O–H groups in total. The van der Waals surface area contributed by atoms with Crippen LogP contribution in [-0.4, -0.2) is 47.4 Å². The summed E-state index contributed by atoms with van der Waals surface area (Å²) in [6.07, 6.45) is 77.9. The maximum absolute atomic E-state index is 12.5. The van der Waals surface area contributed by atoms with Gasteiger partial charge in [-0.1, -0.05) is 301 Å². The van der Waals surface area contributed by atoms with Gasteiger partial charge in [0, 0.05) is 12.8 Å². The van der Waals surface area contributed by atoms with E-state index in [1.165, 1.54) is 289 Å². The summed E-state index contributed by atoms with van der Waals surface area (Å²) >= 11 is 0. The summed E-state index contributed by atoms with van der Waals surface area (Å²) in [4.78, 5) is 24.5. The van der Waals surface area contributed by atoms with Gasteiger partial charge >= 0.3 is 5.97 Å². The number of unbranched alkanes of at least 4 members (excludes halogenated alkanes) is 47. The van der Waals surface area contributed by atoms with Crippen molar-refractivity contribution in [2.45, 2.75) is 379 Å². The number of hydrogen-bond acceptors (Lipinski definition) is 5. The van der Waals surface area contributed by atoms with Gasteiger partial charge < -0.3 is 20.3 Å². The second kappa shape index (κ2) is 62.9. The molecular formula is C67H129NO5. The second-order valence-electron chi connectivity index (χ2n) is 22.8. The quantitative estimate of drug-likeness (QED) is 0.0320. The minimum atomic E-state index is -0.662. The number of allylic oxidation sites excluding steroid dienone is 4. The highest BCUT2D eigenvalue weighted by molar-refractivity contribution is 5.76. The number of aliphatic hydroxyl groups excluding tert-OH is 2. The highest BCUT2D eigenvalue weighted by Crippen LogP contribution is 2.18. The smallest absolute Gasteiger partial charge is 0.305 e. The maximum Gasteiger partial charge on any atom is 0.305 e. The molecule has 0 bridgehead atoms. The summed E-state index contributed by atoms with van der Waals surface area (Å²) < 4.78 is 5.49. The molecule has 6 nitrogen and oxygen atoms in total. The zero-order chi connectivity index (χ0) is 52.9. The number of aliphatic hydroxyl groups is 2. The van der Waals surface area contributed by atoms with Gasteiger partial charge in [-0.05, 0) is 77.0 Å². The van der Waals surface area contributed by atoms with Crippen molar-refractivity contribution in [1.29, 1.82) is 0 Å². The van der Waals surface area contributed by atoms with Crippen molar-refractivity contribution in [3.05, 3.63) is 24.3 Å². The molecule has 2 unspecified atom stereocenters. The van der Waals surface area contributed by atoms with E-state index in [4.69, 9.17) is 4.74 Å². The molecule has 0 rings (SSSR count). The Bertz CT molecular complexity index is 1140. The summed E-state index contributed by atoms with van der Waals surface area (Å²) in [5, 5.41) is 23.2. The number of ether oxygens (including phenoxy) is 1. The molecule has 73 heavy (non-hydrogen) atoms. The van der Waals surface area contributed by atoms with Gasteiger partial charge in [0.25, 0.3) is 0 Å². The normalized spacial score (nSPS) is 12.7. The van der Waals surface area contributed by atoms with E-state index in [0.29, 0.717) is 25.9 Å². The van der Waals surface area contributed by atoms with E-state index in [0.717, 1.165) is 44.9 Å². The molecule has 432 valence electrons. The van der Waals surface area contributed by atoms with Gasteiger partial charge in [-0.3, -0.25) is 9.59 Å². The van der Waals surface area contributed by atoms with Gasteiger partial charge in [0.05, 0.1) is 25.4 Å². The Labute approximate surface area is 456 Å². The largest absolute Gasteiger partial charge is 0.466 e. The molecule has 0 saturated heterocycles.